The summed E-state index contributed by atoms with van der Waals surface area (Å²) < 4.78 is 4.63. The Labute approximate surface area is 69.7 Å². The third-order valence-electron chi connectivity index (χ3n) is 1.41. The van der Waals surface area contributed by atoms with Gasteiger partial charge in [0.05, 0.1) is 12.4 Å². The Morgan fingerprint density at radius 1 is 1.82 bits per heavy atom. The van der Waals surface area contributed by atoms with Gasteiger partial charge in [0, 0.05) is 6.42 Å². The molecule has 1 aliphatic rings. The number of cyclic esters (lactones) is 1. The Hall–Kier alpha value is -0.710. The number of esters is 1. The van der Waals surface area contributed by atoms with Gasteiger partial charge in [-0.05, 0) is 0 Å². The lowest BCUT2D eigenvalue weighted by atomic mass is 10.2. The van der Waals surface area contributed by atoms with E-state index in [1.807, 2.05) is 0 Å². The van der Waals surface area contributed by atoms with Crippen LogP contribution < -0.4 is 5.32 Å². The molecule has 1 aliphatic heterocycles. The second-order valence-electron chi connectivity index (χ2n) is 2.23. The number of carbonyl (C=O) groups excluding carboxylic acids is 2. The number of nitrogens with one attached hydrogen (secondary N) is 1. The van der Waals surface area contributed by atoms with Crippen LogP contribution in [0, 0.1) is 0 Å². The molecule has 1 unspecified atom stereocenters. The molecule has 0 spiro atoms. The third kappa shape index (κ3) is 2.11. The summed E-state index contributed by atoms with van der Waals surface area (Å²) in [4.78, 5) is 21.5. The molecule has 0 aromatic carbocycles. The first kappa shape index (κ1) is 8.39. The van der Waals surface area contributed by atoms with Crippen molar-refractivity contribution >= 4 is 24.5 Å². The zero-order valence-electron chi connectivity index (χ0n) is 5.87. The van der Waals surface area contributed by atoms with Crippen LogP contribution in [0.4, 0.5) is 0 Å². The quantitative estimate of drug-likeness (QED) is 0.433. The molecule has 11 heavy (non-hydrogen) atoms. The van der Waals surface area contributed by atoms with Crippen molar-refractivity contribution in [3.8, 4) is 0 Å². The molecule has 1 atom stereocenters. The number of carbonyl (C=O) groups is 2. The molecular weight excluding hydrogens is 166 g/mol. The molecule has 62 valence electrons. The van der Waals surface area contributed by atoms with Gasteiger partial charge in [-0.3, -0.25) is 4.79 Å². The zero-order valence-corrected chi connectivity index (χ0v) is 6.77. The minimum absolute atomic E-state index is 0.101. The maximum atomic E-state index is 10.8. The fraction of sp³-hybridized carbons (Fsp3) is 0.667. The number of ether oxygens (including phenoxy) is 1. The Balaban J connectivity index is 2.36. The number of amides is 1. The van der Waals surface area contributed by atoms with Gasteiger partial charge < -0.3 is 10.1 Å². The molecule has 1 heterocycles. The highest BCUT2D eigenvalue weighted by Gasteiger charge is 2.27. The molecule has 0 radical (unpaired) electrons. The summed E-state index contributed by atoms with van der Waals surface area (Å²) in [6.07, 6.45) is 0.568. The fourth-order valence-corrected chi connectivity index (χ4v) is 0.958. The lowest BCUT2D eigenvalue weighted by Gasteiger charge is -2.05. The summed E-state index contributed by atoms with van der Waals surface area (Å²) in [5.74, 6) is -0.485. The van der Waals surface area contributed by atoms with E-state index in [9.17, 15) is 9.59 Å². The van der Waals surface area contributed by atoms with Crippen LogP contribution in [0.25, 0.3) is 0 Å². The van der Waals surface area contributed by atoms with Crippen molar-refractivity contribution in [2.24, 2.45) is 0 Å². The van der Waals surface area contributed by atoms with Crippen LogP contribution in [0.5, 0.6) is 0 Å². The summed E-state index contributed by atoms with van der Waals surface area (Å²) in [6.45, 7) is 0.399. The maximum Gasteiger partial charge on any atom is 0.328 e. The van der Waals surface area contributed by atoms with Crippen molar-refractivity contribution in [1.29, 1.82) is 0 Å². The molecular formula is C6H9NO3S. The van der Waals surface area contributed by atoms with Crippen molar-refractivity contribution in [3.05, 3.63) is 0 Å². The van der Waals surface area contributed by atoms with Crippen molar-refractivity contribution in [2.75, 3.05) is 12.4 Å². The molecule has 0 aromatic rings. The van der Waals surface area contributed by atoms with Crippen LogP contribution in [0.3, 0.4) is 0 Å². The van der Waals surface area contributed by atoms with Crippen LogP contribution in [0.15, 0.2) is 0 Å². The third-order valence-corrected chi connectivity index (χ3v) is 1.70. The molecule has 0 bridgehead atoms. The van der Waals surface area contributed by atoms with Crippen molar-refractivity contribution in [1.82, 2.24) is 5.32 Å². The summed E-state index contributed by atoms with van der Waals surface area (Å²) in [5, 5.41) is 2.49. The molecule has 4 nitrogen and oxygen atoms in total. The Kier molecular flexibility index (Phi) is 2.76. The highest BCUT2D eigenvalue weighted by molar-refractivity contribution is 7.81. The van der Waals surface area contributed by atoms with Crippen LogP contribution in [-0.2, 0) is 14.3 Å². The number of hydrogen-bond acceptors (Lipinski definition) is 4. The standard InChI is InChI=1S/C6H9NO3S/c8-5(3-11)7-4-1-2-10-6(4)9/h4,11H,1-3H2,(H,7,8). The van der Waals surface area contributed by atoms with Gasteiger partial charge in [-0.15, -0.1) is 0 Å². The Morgan fingerprint density at radius 2 is 2.55 bits per heavy atom. The predicted octanol–water partition coefficient (Wildman–Crippen LogP) is -0.652. The molecule has 0 saturated carbocycles. The lowest BCUT2D eigenvalue weighted by Crippen LogP contribution is -2.38. The van der Waals surface area contributed by atoms with E-state index in [0.717, 1.165) is 0 Å². The van der Waals surface area contributed by atoms with Gasteiger partial charge in [0.1, 0.15) is 6.04 Å². The normalized spacial score (nSPS) is 23.0. The van der Waals surface area contributed by atoms with Crippen LogP contribution in [-0.4, -0.2) is 30.3 Å². The fourth-order valence-electron chi connectivity index (χ4n) is 0.867. The summed E-state index contributed by atoms with van der Waals surface area (Å²) in [7, 11) is 0. The maximum absolute atomic E-state index is 10.8. The lowest BCUT2D eigenvalue weighted by molar-refractivity contribution is -0.141. The highest BCUT2D eigenvalue weighted by Crippen LogP contribution is 2.04. The van der Waals surface area contributed by atoms with Gasteiger partial charge in [0.2, 0.25) is 5.91 Å². The summed E-state index contributed by atoms with van der Waals surface area (Å²) >= 11 is 3.75. The second kappa shape index (κ2) is 3.61. The summed E-state index contributed by atoms with van der Waals surface area (Å²) in [6, 6.07) is -0.449. The molecule has 1 fully saturated rings. The van der Waals surface area contributed by atoms with Crippen LogP contribution in [0.1, 0.15) is 6.42 Å². The number of hydrogen-bond donors (Lipinski definition) is 2. The predicted molar refractivity (Wildman–Crippen MR) is 41.4 cm³/mol. The zero-order chi connectivity index (χ0) is 8.27. The smallest absolute Gasteiger partial charge is 0.328 e. The first-order chi connectivity index (χ1) is 5.24. The van der Waals surface area contributed by atoms with E-state index in [1.54, 1.807) is 0 Å². The van der Waals surface area contributed by atoms with Gasteiger partial charge in [-0.2, -0.15) is 12.6 Å². The molecule has 1 saturated heterocycles. The first-order valence-electron chi connectivity index (χ1n) is 3.31. The SMILES string of the molecule is O=C(CS)NC1CCOC1=O. The van der Waals surface area contributed by atoms with E-state index in [4.69, 9.17) is 0 Å². The topological polar surface area (TPSA) is 55.4 Å². The van der Waals surface area contributed by atoms with Crippen LogP contribution >= 0.6 is 12.6 Å². The first-order valence-corrected chi connectivity index (χ1v) is 3.94. The van der Waals surface area contributed by atoms with E-state index in [0.29, 0.717) is 13.0 Å². The molecule has 0 aromatic heterocycles. The largest absolute Gasteiger partial charge is 0.464 e. The molecule has 1 rings (SSSR count). The van der Waals surface area contributed by atoms with E-state index in [1.165, 1.54) is 0 Å². The molecule has 5 heteroatoms. The highest BCUT2D eigenvalue weighted by atomic mass is 32.1. The molecule has 0 aliphatic carbocycles. The molecule has 1 N–H and O–H groups in total. The van der Waals surface area contributed by atoms with Crippen LogP contribution in [0.2, 0.25) is 0 Å². The molecule has 1 amide bonds. The van der Waals surface area contributed by atoms with E-state index < -0.39 is 6.04 Å². The second-order valence-corrected chi connectivity index (χ2v) is 2.55. The average molecular weight is 175 g/mol. The monoisotopic (exact) mass is 175 g/mol. The van der Waals surface area contributed by atoms with E-state index in [2.05, 4.69) is 22.7 Å². The number of thiol groups is 1. The van der Waals surface area contributed by atoms with E-state index >= 15 is 0 Å². The average Bonchev–Trinajstić information content (AvgIpc) is 2.37. The van der Waals surface area contributed by atoms with Gasteiger partial charge in [0.15, 0.2) is 0 Å². The van der Waals surface area contributed by atoms with Crippen molar-refractivity contribution in [3.63, 3.8) is 0 Å². The Bertz CT molecular complexity index is 183. The summed E-state index contributed by atoms with van der Waals surface area (Å²) in [5.41, 5.74) is 0. The Morgan fingerprint density at radius 3 is 3.00 bits per heavy atom. The van der Waals surface area contributed by atoms with Gasteiger partial charge in [-0.1, -0.05) is 0 Å². The van der Waals surface area contributed by atoms with Gasteiger partial charge >= 0.3 is 5.97 Å². The van der Waals surface area contributed by atoms with Crippen molar-refractivity contribution < 1.29 is 14.3 Å². The van der Waals surface area contributed by atoms with Crippen molar-refractivity contribution in [2.45, 2.75) is 12.5 Å². The van der Waals surface area contributed by atoms with E-state index in [-0.39, 0.29) is 17.6 Å². The van der Waals surface area contributed by atoms with Gasteiger partial charge in [-0.25, -0.2) is 4.79 Å². The van der Waals surface area contributed by atoms with Gasteiger partial charge in [0.25, 0.3) is 0 Å². The minimum Gasteiger partial charge on any atom is -0.464 e. The number of rotatable bonds is 2. The minimum atomic E-state index is -0.449.